The lowest BCUT2D eigenvalue weighted by Crippen LogP contribution is -2.59. The number of hydrogen-bond acceptors (Lipinski definition) is 5. The van der Waals surface area contributed by atoms with E-state index < -0.39 is 0 Å². The summed E-state index contributed by atoms with van der Waals surface area (Å²) in [6, 6.07) is 7.84. The lowest BCUT2D eigenvalue weighted by Gasteiger charge is -2.45. The van der Waals surface area contributed by atoms with Gasteiger partial charge in [-0.15, -0.1) is 0 Å². The number of hydrogen-bond donors (Lipinski definition) is 0. The number of likely N-dealkylation sites (N-methyl/N-ethyl adjacent to an activating group) is 1. The van der Waals surface area contributed by atoms with Gasteiger partial charge < -0.3 is 14.5 Å². The zero-order valence-electron chi connectivity index (χ0n) is 18.0. The van der Waals surface area contributed by atoms with Gasteiger partial charge >= 0.3 is 0 Å². The van der Waals surface area contributed by atoms with Crippen LogP contribution in [-0.2, 0) is 4.79 Å². The molecule has 0 bridgehead atoms. The van der Waals surface area contributed by atoms with Gasteiger partial charge in [0.1, 0.15) is 5.75 Å². The third-order valence-electron chi connectivity index (χ3n) is 5.47. The minimum absolute atomic E-state index is 0.0747. The van der Waals surface area contributed by atoms with Crippen LogP contribution >= 0.6 is 0 Å². The van der Waals surface area contributed by atoms with Gasteiger partial charge in [0.2, 0.25) is 5.91 Å². The predicted molar refractivity (Wildman–Crippen MR) is 112 cm³/mol. The average molecular weight is 390 g/mol. The van der Waals surface area contributed by atoms with Crippen LogP contribution in [0, 0.1) is 0 Å². The first-order chi connectivity index (χ1) is 13.3. The topological polar surface area (TPSA) is 53.1 Å². The molecule has 1 aromatic rings. The SMILES string of the molecule is COc1ccc(C(=O)CCCC(=O)N2CC(C)N(CCN(C)C)C(C)C2)cc1. The smallest absolute Gasteiger partial charge is 0.222 e. The molecule has 0 saturated carbocycles. The van der Waals surface area contributed by atoms with Crippen LogP contribution < -0.4 is 4.74 Å². The Balaban J connectivity index is 1.77. The Labute approximate surface area is 169 Å². The number of carbonyl (C=O) groups is 2. The number of piperazine rings is 1. The highest BCUT2D eigenvalue weighted by Crippen LogP contribution is 2.18. The highest BCUT2D eigenvalue weighted by atomic mass is 16.5. The summed E-state index contributed by atoms with van der Waals surface area (Å²) in [5, 5.41) is 0. The number of ether oxygens (including phenoxy) is 1. The van der Waals surface area contributed by atoms with E-state index in [1.807, 2.05) is 4.90 Å². The normalized spacial score (nSPS) is 20.4. The Bertz CT molecular complexity index is 633. The van der Waals surface area contributed by atoms with Gasteiger partial charge in [-0.25, -0.2) is 0 Å². The molecule has 0 radical (unpaired) electrons. The molecule has 1 aliphatic heterocycles. The van der Waals surface area contributed by atoms with E-state index in [0.717, 1.165) is 31.9 Å². The first-order valence-corrected chi connectivity index (χ1v) is 10.2. The molecule has 1 aliphatic rings. The van der Waals surface area contributed by atoms with Crippen LogP contribution in [-0.4, -0.2) is 85.9 Å². The minimum atomic E-state index is 0.0747. The molecule has 156 valence electrons. The number of ketones is 1. The minimum Gasteiger partial charge on any atom is -0.497 e. The first kappa shape index (κ1) is 22.4. The molecular weight excluding hydrogens is 354 g/mol. The van der Waals surface area contributed by atoms with Gasteiger partial charge in [0.15, 0.2) is 5.78 Å². The quantitative estimate of drug-likeness (QED) is 0.608. The molecular formula is C22H35N3O3. The van der Waals surface area contributed by atoms with E-state index in [1.165, 1.54) is 0 Å². The van der Waals surface area contributed by atoms with Crippen molar-refractivity contribution < 1.29 is 14.3 Å². The Kier molecular flexibility index (Phi) is 8.45. The van der Waals surface area contributed by atoms with Crippen LogP contribution in [0.1, 0.15) is 43.5 Å². The van der Waals surface area contributed by atoms with Crippen molar-refractivity contribution in [2.45, 2.75) is 45.2 Å². The van der Waals surface area contributed by atoms with E-state index in [9.17, 15) is 9.59 Å². The second-order valence-corrected chi connectivity index (χ2v) is 8.04. The highest BCUT2D eigenvalue weighted by Gasteiger charge is 2.31. The van der Waals surface area contributed by atoms with Crippen LogP contribution in [0.3, 0.4) is 0 Å². The van der Waals surface area contributed by atoms with Crippen molar-refractivity contribution >= 4 is 11.7 Å². The van der Waals surface area contributed by atoms with Crippen molar-refractivity contribution in [2.75, 3.05) is 47.4 Å². The van der Waals surface area contributed by atoms with Crippen LogP contribution in [0.2, 0.25) is 0 Å². The van der Waals surface area contributed by atoms with Crippen molar-refractivity contribution in [1.29, 1.82) is 0 Å². The third-order valence-corrected chi connectivity index (χ3v) is 5.47. The van der Waals surface area contributed by atoms with E-state index in [0.29, 0.717) is 36.9 Å². The molecule has 0 aromatic heterocycles. The summed E-state index contributed by atoms with van der Waals surface area (Å²) < 4.78 is 5.11. The number of nitrogens with zero attached hydrogens (tertiary/aromatic N) is 3. The molecule has 0 spiro atoms. The van der Waals surface area contributed by atoms with Gasteiger partial charge in [-0.3, -0.25) is 14.5 Å². The molecule has 1 heterocycles. The van der Waals surface area contributed by atoms with Gasteiger partial charge in [0.05, 0.1) is 7.11 Å². The van der Waals surface area contributed by atoms with Crippen LogP contribution in [0.15, 0.2) is 24.3 Å². The fraction of sp³-hybridized carbons (Fsp3) is 0.636. The van der Waals surface area contributed by atoms with Crippen molar-refractivity contribution in [3.63, 3.8) is 0 Å². The average Bonchev–Trinajstić information content (AvgIpc) is 2.66. The number of carbonyl (C=O) groups excluding carboxylic acids is 2. The first-order valence-electron chi connectivity index (χ1n) is 10.2. The van der Waals surface area contributed by atoms with Crippen LogP contribution in [0.5, 0.6) is 5.75 Å². The lowest BCUT2D eigenvalue weighted by atomic mass is 10.0. The second kappa shape index (κ2) is 10.6. The molecule has 0 N–H and O–H groups in total. The number of benzene rings is 1. The van der Waals surface area contributed by atoms with Crippen molar-refractivity contribution in [2.24, 2.45) is 0 Å². The van der Waals surface area contributed by atoms with Crippen LogP contribution in [0.4, 0.5) is 0 Å². The molecule has 2 atom stereocenters. The van der Waals surface area contributed by atoms with Crippen molar-refractivity contribution in [1.82, 2.24) is 14.7 Å². The van der Waals surface area contributed by atoms with Crippen molar-refractivity contribution in [3.05, 3.63) is 29.8 Å². The zero-order valence-corrected chi connectivity index (χ0v) is 18.0. The lowest BCUT2D eigenvalue weighted by molar-refractivity contribution is -0.135. The Morgan fingerprint density at radius 2 is 1.68 bits per heavy atom. The van der Waals surface area contributed by atoms with Gasteiger partial charge in [0, 0.05) is 56.7 Å². The molecule has 28 heavy (non-hydrogen) atoms. The summed E-state index contributed by atoms with van der Waals surface area (Å²) in [5.41, 5.74) is 0.671. The fourth-order valence-electron chi connectivity index (χ4n) is 3.80. The monoisotopic (exact) mass is 389 g/mol. The largest absolute Gasteiger partial charge is 0.497 e. The summed E-state index contributed by atoms with van der Waals surface area (Å²) in [6.45, 7) is 7.97. The molecule has 0 aliphatic carbocycles. The molecule has 2 unspecified atom stereocenters. The van der Waals surface area contributed by atoms with Gasteiger partial charge in [-0.05, 0) is 58.6 Å². The molecule has 1 amide bonds. The number of amides is 1. The maximum atomic E-state index is 12.6. The molecule has 6 nitrogen and oxygen atoms in total. The predicted octanol–water partition coefficient (Wildman–Crippen LogP) is 2.53. The summed E-state index contributed by atoms with van der Waals surface area (Å²) in [5.74, 6) is 0.971. The summed E-state index contributed by atoms with van der Waals surface area (Å²) in [4.78, 5) is 31.6. The van der Waals surface area contributed by atoms with Gasteiger partial charge in [-0.1, -0.05) is 0 Å². The number of rotatable bonds is 9. The third kappa shape index (κ3) is 6.31. The van der Waals surface area contributed by atoms with E-state index in [2.05, 4.69) is 37.7 Å². The maximum Gasteiger partial charge on any atom is 0.222 e. The summed E-state index contributed by atoms with van der Waals surface area (Å²) in [6.07, 6.45) is 1.41. The van der Waals surface area contributed by atoms with E-state index in [4.69, 9.17) is 4.74 Å². The van der Waals surface area contributed by atoms with E-state index in [-0.39, 0.29) is 11.7 Å². The Morgan fingerprint density at radius 3 is 2.21 bits per heavy atom. The fourth-order valence-corrected chi connectivity index (χ4v) is 3.80. The van der Waals surface area contributed by atoms with Gasteiger partial charge in [-0.2, -0.15) is 0 Å². The second-order valence-electron chi connectivity index (χ2n) is 8.04. The molecule has 1 fully saturated rings. The number of methoxy groups -OCH3 is 1. The molecule has 2 rings (SSSR count). The highest BCUT2D eigenvalue weighted by molar-refractivity contribution is 5.96. The standard InChI is InChI=1S/C22H35N3O3/c1-17-15-24(16-18(2)25(17)14-13-23(3)4)22(27)8-6-7-21(26)19-9-11-20(28-5)12-10-19/h9-12,17-18H,6-8,13-16H2,1-5H3. The van der Waals surface area contributed by atoms with Crippen molar-refractivity contribution in [3.8, 4) is 5.75 Å². The Morgan fingerprint density at radius 1 is 1.07 bits per heavy atom. The molecule has 1 saturated heterocycles. The summed E-state index contributed by atoms with van der Waals surface area (Å²) in [7, 11) is 5.77. The maximum absolute atomic E-state index is 12.6. The Hall–Kier alpha value is -1.92. The van der Waals surface area contributed by atoms with E-state index in [1.54, 1.807) is 31.4 Å². The molecule has 1 aromatic carbocycles. The zero-order chi connectivity index (χ0) is 20.7. The van der Waals surface area contributed by atoms with E-state index >= 15 is 0 Å². The molecule has 6 heteroatoms. The summed E-state index contributed by atoms with van der Waals surface area (Å²) >= 11 is 0. The number of Topliss-reactive ketones (excluding diaryl/α,β-unsaturated/α-hetero) is 1. The van der Waals surface area contributed by atoms with Crippen LogP contribution in [0.25, 0.3) is 0 Å². The van der Waals surface area contributed by atoms with Gasteiger partial charge in [0.25, 0.3) is 0 Å².